The summed E-state index contributed by atoms with van der Waals surface area (Å²) in [6, 6.07) is 0. The predicted molar refractivity (Wildman–Crippen MR) is 302 cm³/mol. The second-order valence-electron chi connectivity index (χ2n) is 9.50. The van der Waals surface area contributed by atoms with Crippen molar-refractivity contribution in [3.8, 4) is 450 Å². The molecule has 0 bridgehead atoms. The molecule has 0 heterocycles. The maximum absolute atomic E-state index is 6.58. The molecule has 0 amide bonds. The van der Waals surface area contributed by atoms with Crippen molar-refractivity contribution < 1.29 is 0 Å². The van der Waals surface area contributed by atoms with E-state index in [1.807, 2.05) is 11.8 Å². The summed E-state index contributed by atoms with van der Waals surface area (Å²) >= 11 is 0. The van der Waals surface area contributed by atoms with Gasteiger partial charge in [-0.15, -0.1) is 11.8 Å². The Morgan fingerprint density at radius 2 is 0.103 bits per heavy atom. The van der Waals surface area contributed by atoms with Gasteiger partial charge in [0.05, 0.1) is 0 Å². The molecular weight excluding hydrogens is 937 g/mol. The first-order chi connectivity index (χ1) is 38.9. The zero-order valence-corrected chi connectivity index (χ0v) is 39.0. The van der Waals surface area contributed by atoms with Crippen molar-refractivity contribution in [3.05, 3.63) is 12.8 Å². The molecule has 0 fully saturated rings. The van der Waals surface area contributed by atoms with E-state index >= 15 is 0 Å². The standard InChI is InChI=1S/C78/c1-3-5-7-9-11-13-15-17-19-21-23-25-27-29-31-33-35-37-39-41-43-45-47-49-51-53-55-57-59-61-63-65-67-69-71-73-75-77-78-76-74-72-70-68-66-64-62-60-58-56-54-52-50-48-46-44-42-40-38-36-34-32-30-28-26-24-22-20-18-16-14-12-10-8-6-4-2/q-2. The summed E-state index contributed by atoms with van der Waals surface area (Å²) < 4.78 is 0. The lowest BCUT2D eigenvalue weighted by molar-refractivity contribution is 2.31. The van der Waals surface area contributed by atoms with E-state index in [2.05, 4.69) is 438 Å². The zero-order chi connectivity index (χ0) is 55.7. The van der Waals surface area contributed by atoms with Crippen molar-refractivity contribution in [3.63, 3.8) is 0 Å². The highest BCUT2D eigenvalue weighted by molar-refractivity contribution is 5.53. The van der Waals surface area contributed by atoms with Crippen LogP contribution in [0.5, 0.6) is 0 Å². The fourth-order valence-electron chi connectivity index (χ4n) is 2.31. The van der Waals surface area contributed by atoms with E-state index in [4.69, 9.17) is 12.8 Å². The largest absolute Gasteiger partial charge is 0.358 e. The van der Waals surface area contributed by atoms with Crippen molar-refractivity contribution >= 4 is 0 Å². The normalized spacial score (nSPS) is 3.92. The van der Waals surface area contributed by atoms with E-state index in [9.17, 15) is 0 Å². The Bertz CT molecular complexity index is 4930. The third kappa shape index (κ3) is 58.8. The fourth-order valence-corrected chi connectivity index (χ4v) is 2.31. The fraction of sp³-hybridized carbons (Fsp3) is 0. The highest BCUT2D eigenvalue weighted by Crippen LogP contribution is 1.65. The summed E-state index contributed by atoms with van der Waals surface area (Å²) in [5.41, 5.74) is 0. The van der Waals surface area contributed by atoms with E-state index in [1.165, 1.54) is 0 Å². The average Bonchev–Trinajstić information content (AvgIpc) is 3.45. The monoisotopic (exact) mass is 936 g/mol. The third-order valence-electron chi connectivity index (χ3n) is 4.69. The summed E-state index contributed by atoms with van der Waals surface area (Å²) in [4.78, 5) is 0. The van der Waals surface area contributed by atoms with Gasteiger partial charge < -0.3 is 12.8 Å². The Hall–Kier alpha value is -17.2. The summed E-state index contributed by atoms with van der Waals surface area (Å²) in [5.74, 6) is 187. The summed E-state index contributed by atoms with van der Waals surface area (Å²) in [5, 5.41) is 0. The van der Waals surface area contributed by atoms with E-state index in [-0.39, 0.29) is 0 Å². The van der Waals surface area contributed by atoms with Crippen LogP contribution in [0.15, 0.2) is 0 Å². The van der Waals surface area contributed by atoms with E-state index in [1.54, 1.807) is 0 Å². The lowest BCUT2D eigenvalue weighted by atomic mass is 10.4. The molecule has 0 aliphatic carbocycles. The van der Waals surface area contributed by atoms with Gasteiger partial charge in [0.2, 0.25) is 0 Å². The second-order valence-corrected chi connectivity index (χ2v) is 9.50. The van der Waals surface area contributed by atoms with Gasteiger partial charge in [-0.25, -0.2) is 11.8 Å². The Labute approximate surface area is 460 Å². The van der Waals surface area contributed by atoms with Crippen LogP contribution in [-0.4, -0.2) is 0 Å². The molecule has 0 aromatic rings. The van der Waals surface area contributed by atoms with Crippen LogP contribution < -0.4 is 0 Å². The second kappa shape index (κ2) is 59.8. The van der Waals surface area contributed by atoms with E-state index in [0.29, 0.717) is 0 Å². The van der Waals surface area contributed by atoms with Crippen molar-refractivity contribution in [1.29, 1.82) is 0 Å². The first-order valence-corrected chi connectivity index (χ1v) is 19.2. The van der Waals surface area contributed by atoms with Crippen molar-refractivity contribution in [1.82, 2.24) is 0 Å². The van der Waals surface area contributed by atoms with E-state index in [0.717, 1.165) is 0 Å². The van der Waals surface area contributed by atoms with Gasteiger partial charge in [-0.05, 0) is 94.7 Å². The van der Waals surface area contributed by atoms with Crippen LogP contribution in [0.4, 0.5) is 0 Å². The molecule has 0 aliphatic heterocycles. The lowest BCUT2D eigenvalue weighted by Gasteiger charge is -1.63. The minimum Gasteiger partial charge on any atom is -0.358 e. The molecule has 0 radical (unpaired) electrons. The van der Waals surface area contributed by atoms with Gasteiger partial charge in [0.15, 0.2) is 0 Å². The maximum atomic E-state index is 6.58. The van der Waals surface area contributed by atoms with Crippen LogP contribution in [0.3, 0.4) is 0 Å². The molecule has 0 nitrogen and oxygen atoms in total. The predicted octanol–water partition coefficient (Wildman–Crippen LogP) is 0.292. The molecule has 0 saturated carbocycles. The number of hydrogen-bond acceptors (Lipinski definition) is 0. The molecular formula is C78-2. The first-order valence-electron chi connectivity index (χ1n) is 19.2. The van der Waals surface area contributed by atoms with Gasteiger partial charge in [-0.2, -0.15) is 0 Å². The van der Waals surface area contributed by atoms with Crippen LogP contribution in [0.1, 0.15) is 0 Å². The van der Waals surface area contributed by atoms with Crippen molar-refractivity contribution in [2.75, 3.05) is 0 Å². The van der Waals surface area contributed by atoms with Gasteiger partial charge in [-0.3, -0.25) is 11.8 Å². The smallest absolute Gasteiger partial charge is 0 e. The van der Waals surface area contributed by atoms with Crippen LogP contribution in [0.2, 0.25) is 0 Å². The van der Waals surface area contributed by atoms with Crippen molar-refractivity contribution in [2.24, 2.45) is 0 Å². The minimum atomic E-state index is 1.87. The first kappa shape index (κ1) is 60.8. The molecule has 78 heavy (non-hydrogen) atoms. The molecule has 0 unspecified atom stereocenters. The maximum Gasteiger partial charge on any atom is 0 e. The lowest BCUT2D eigenvalue weighted by Crippen LogP contribution is -1.57. The molecule has 0 N–H and O–H groups in total. The molecule has 0 aliphatic rings. The summed E-state index contributed by atoms with van der Waals surface area (Å²) in [6.45, 7) is 0. The van der Waals surface area contributed by atoms with Crippen LogP contribution in [-0.2, 0) is 0 Å². The van der Waals surface area contributed by atoms with Gasteiger partial charge in [0.25, 0.3) is 0 Å². The molecule has 0 aromatic carbocycles. The Balaban J connectivity index is 4.61. The molecule has 0 aromatic heterocycles. The third-order valence-corrected chi connectivity index (χ3v) is 4.69. The van der Waals surface area contributed by atoms with Crippen LogP contribution in [0, 0.1) is 463 Å². The molecule has 314 valence electrons. The van der Waals surface area contributed by atoms with Crippen LogP contribution >= 0.6 is 0 Å². The Kier molecular flexibility index (Phi) is 46.7. The molecule has 0 rings (SSSR count). The van der Waals surface area contributed by atoms with Crippen LogP contribution in [0.25, 0.3) is 0 Å². The highest BCUT2D eigenvalue weighted by Gasteiger charge is 1.64. The molecule has 0 saturated heterocycles. The van der Waals surface area contributed by atoms with Crippen molar-refractivity contribution in [2.45, 2.75) is 0 Å². The van der Waals surface area contributed by atoms with Gasteiger partial charge in [-0.1, -0.05) is 0 Å². The number of hydrogen-bond donors (Lipinski definition) is 0. The zero-order valence-electron chi connectivity index (χ0n) is 39.0. The minimum absolute atomic E-state index is 1.87. The number of rotatable bonds is 0. The molecule has 0 heteroatoms. The topological polar surface area (TPSA) is 0 Å². The van der Waals surface area contributed by atoms with E-state index < -0.39 is 0 Å². The average molecular weight is 937 g/mol. The van der Waals surface area contributed by atoms with Gasteiger partial charge in [0.1, 0.15) is 0 Å². The summed E-state index contributed by atoms with van der Waals surface area (Å²) in [6.07, 6.45) is 13.2. The van der Waals surface area contributed by atoms with Gasteiger partial charge in [0, 0.05) is 320 Å². The molecule has 0 spiro atoms. The Morgan fingerprint density at radius 3 is 0.141 bits per heavy atom. The SMILES string of the molecule is [C-]#CC#CC#CC#CC#CC#CC#CC#CC#CC#CC#CC#CC#CC#CC#CC#CC#CC#CC#CC#CC#CC#CC#CC#CC#CC#CC#CC#CC#CC#CC#CC#CC#CC#CC#CC#CC#CC#CC#[C-]. The Morgan fingerprint density at radius 1 is 0.0641 bits per heavy atom. The van der Waals surface area contributed by atoms with Gasteiger partial charge >= 0.3 is 0 Å². The summed E-state index contributed by atoms with van der Waals surface area (Å²) in [7, 11) is 0. The highest BCUT2D eigenvalue weighted by atomic mass is 13.7. The molecule has 0 atom stereocenters. The quantitative estimate of drug-likeness (QED) is 0.243.